The Morgan fingerprint density at radius 2 is 1.39 bits per heavy atom. The lowest BCUT2D eigenvalue weighted by Gasteiger charge is -2.12. The summed E-state index contributed by atoms with van der Waals surface area (Å²) in [5, 5.41) is 4.25. The fourth-order valence-electron chi connectivity index (χ4n) is 3.63. The van der Waals surface area contributed by atoms with Crippen LogP contribution in [0.1, 0.15) is 27.2 Å². The number of nitrogens with zero attached hydrogens (tertiary/aromatic N) is 1. The number of hydrogen-bond donors (Lipinski definition) is 4. The third-order valence-electron chi connectivity index (χ3n) is 5.81. The normalized spacial score (nSPS) is 11.5. The molecule has 0 aliphatic rings. The smallest absolute Gasteiger partial charge is 0.417 e. The van der Waals surface area contributed by atoms with Crippen molar-refractivity contribution in [1.82, 2.24) is 15.8 Å². The Morgan fingerprint density at radius 1 is 0.739 bits per heavy atom. The van der Waals surface area contributed by atoms with Gasteiger partial charge in [-0.05, 0) is 72.3 Å². The predicted molar refractivity (Wildman–Crippen MR) is 156 cm³/mol. The third-order valence-corrected chi connectivity index (χ3v) is 6.14. The second-order valence-electron chi connectivity index (χ2n) is 9.17. The summed E-state index contributed by atoms with van der Waals surface area (Å²) >= 11 is 5.59. The Labute approximate surface area is 261 Å². The summed E-state index contributed by atoms with van der Waals surface area (Å²) in [4.78, 5) is 40.6. The van der Waals surface area contributed by atoms with E-state index in [1.165, 1.54) is 66.9 Å². The number of benzene rings is 3. The molecule has 0 unspecified atom stereocenters. The van der Waals surface area contributed by atoms with Crippen molar-refractivity contribution in [2.75, 3.05) is 10.6 Å². The second kappa shape index (κ2) is 14.0. The number of carbonyl (C=O) groups excluding carboxylic acids is 3. The van der Waals surface area contributed by atoms with Gasteiger partial charge < -0.3 is 15.4 Å². The van der Waals surface area contributed by atoms with Crippen LogP contribution in [0.5, 0.6) is 11.5 Å². The molecule has 1 heterocycles. The minimum Gasteiger partial charge on any atom is -0.457 e. The van der Waals surface area contributed by atoms with Gasteiger partial charge in [0.1, 0.15) is 17.2 Å². The molecule has 46 heavy (non-hydrogen) atoms. The van der Waals surface area contributed by atoms with Gasteiger partial charge >= 0.3 is 18.4 Å². The van der Waals surface area contributed by atoms with E-state index < -0.39 is 46.3 Å². The summed E-state index contributed by atoms with van der Waals surface area (Å²) in [7, 11) is 0. The zero-order valence-electron chi connectivity index (χ0n) is 23.0. The molecule has 4 N–H and O–H groups in total. The van der Waals surface area contributed by atoms with Gasteiger partial charge in [-0.1, -0.05) is 23.7 Å². The van der Waals surface area contributed by atoms with Crippen molar-refractivity contribution in [3.05, 3.63) is 119 Å². The molecule has 4 rings (SSSR count). The number of carbonyl (C=O) groups is 3. The lowest BCUT2D eigenvalue weighted by Crippen LogP contribution is -2.41. The van der Waals surface area contributed by atoms with Gasteiger partial charge in [-0.15, -0.1) is 0 Å². The molecular weight excluding hydrogens is 644 g/mol. The molecule has 4 aromatic rings. The number of hydrazine groups is 1. The number of amides is 4. The summed E-state index contributed by atoms with van der Waals surface area (Å²) in [6.07, 6.45) is -5.63. The van der Waals surface area contributed by atoms with E-state index in [2.05, 4.69) is 26.5 Å². The van der Waals surface area contributed by atoms with Crippen LogP contribution in [-0.2, 0) is 17.1 Å². The van der Waals surface area contributed by atoms with Crippen molar-refractivity contribution in [1.29, 1.82) is 0 Å². The number of halogens is 7. The molecule has 0 fully saturated rings. The molecule has 0 bridgehead atoms. The number of urea groups is 1. The Kier molecular flexibility index (Phi) is 10.2. The van der Waals surface area contributed by atoms with Gasteiger partial charge in [0, 0.05) is 29.7 Å². The van der Waals surface area contributed by atoms with Crippen molar-refractivity contribution in [2.24, 2.45) is 0 Å². The van der Waals surface area contributed by atoms with Crippen molar-refractivity contribution >= 4 is 46.9 Å². The van der Waals surface area contributed by atoms with Crippen LogP contribution >= 0.6 is 11.6 Å². The Bertz CT molecular complexity index is 1760. The summed E-state index contributed by atoms with van der Waals surface area (Å²) in [5.74, 6) is -1.08. The van der Waals surface area contributed by atoms with Gasteiger partial charge in [-0.3, -0.25) is 25.4 Å². The molecular formula is C30H20ClF6N5O4. The molecule has 0 atom stereocenters. The van der Waals surface area contributed by atoms with Crippen LogP contribution < -0.4 is 26.2 Å². The van der Waals surface area contributed by atoms with Crippen molar-refractivity contribution in [3.63, 3.8) is 0 Å². The van der Waals surface area contributed by atoms with Crippen LogP contribution in [-0.4, -0.2) is 22.8 Å². The topological polar surface area (TPSA) is 121 Å². The SMILES string of the molecule is O=C(/C=C/c1ccc(C(F)(F)F)cc1)NNC(=O)c1cc(Oc2ccc(NC(=O)Nc3ccc(Cl)c(C(F)(F)F)c3)cc2)ccn1. The van der Waals surface area contributed by atoms with Crippen LogP contribution in [0.3, 0.4) is 0 Å². The van der Waals surface area contributed by atoms with Gasteiger partial charge in [0.15, 0.2) is 0 Å². The van der Waals surface area contributed by atoms with Gasteiger partial charge in [0.2, 0.25) is 0 Å². The Hall–Kier alpha value is -5.57. The molecule has 4 amide bonds. The highest BCUT2D eigenvalue weighted by Gasteiger charge is 2.33. The van der Waals surface area contributed by atoms with Crippen LogP contribution in [0.2, 0.25) is 5.02 Å². The zero-order chi connectivity index (χ0) is 33.5. The lowest BCUT2D eigenvalue weighted by atomic mass is 10.1. The number of aromatic nitrogens is 1. The maximum Gasteiger partial charge on any atom is 0.417 e. The molecule has 0 saturated heterocycles. The number of hydrogen-bond acceptors (Lipinski definition) is 5. The molecule has 0 radical (unpaired) electrons. The van der Waals surface area contributed by atoms with Gasteiger partial charge in [0.05, 0.1) is 16.1 Å². The van der Waals surface area contributed by atoms with E-state index in [9.17, 15) is 40.7 Å². The fourth-order valence-corrected chi connectivity index (χ4v) is 3.86. The fraction of sp³-hybridized carbons (Fsp3) is 0.0667. The van der Waals surface area contributed by atoms with E-state index in [0.29, 0.717) is 11.6 Å². The second-order valence-corrected chi connectivity index (χ2v) is 9.58. The van der Waals surface area contributed by atoms with Gasteiger partial charge in [-0.2, -0.15) is 26.3 Å². The lowest BCUT2D eigenvalue weighted by molar-refractivity contribution is -0.138. The number of anilines is 2. The predicted octanol–water partition coefficient (Wildman–Crippen LogP) is 7.68. The average molecular weight is 664 g/mol. The highest BCUT2D eigenvalue weighted by molar-refractivity contribution is 6.31. The van der Waals surface area contributed by atoms with Crippen molar-refractivity contribution in [3.8, 4) is 11.5 Å². The van der Waals surface area contributed by atoms with E-state index in [4.69, 9.17) is 16.3 Å². The maximum atomic E-state index is 13.1. The standard InChI is InChI=1S/C30H20ClF6N5O4/c31-24-11-8-20(15-23(24)30(35,36)37)40-28(45)39-19-6-9-21(10-7-19)46-22-13-14-38-25(16-22)27(44)42-41-26(43)12-3-17-1-4-18(5-2-17)29(32,33)34/h1-16H,(H,41,43)(H,42,44)(H2,39,40,45)/b12-3+. The molecule has 238 valence electrons. The van der Waals surface area contributed by atoms with E-state index in [1.807, 2.05) is 0 Å². The molecule has 0 spiro atoms. The van der Waals surface area contributed by atoms with Crippen LogP contribution in [0.15, 0.2) is 91.1 Å². The molecule has 3 aromatic carbocycles. The van der Waals surface area contributed by atoms with E-state index in [-0.39, 0.29) is 28.6 Å². The van der Waals surface area contributed by atoms with E-state index >= 15 is 0 Å². The molecule has 16 heteroatoms. The number of rotatable bonds is 7. The molecule has 0 aliphatic carbocycles. The summed E-state index contributed by atoms with van der Waals surface area (Å²) in [5.41, 5.74) is 2.70. The summed E-state index contributed by atoms with van der Waals surface area (Å²) in [6.45, 7) is 0. The molecule has 0 saturated carbocycles. The van der Waals surface area contributed by atoms with Crippen molar-refractivity contribution < 1.29 is 45.5 Å². The quantitative estimate of drug-likeness (QED) is 0.0918. The number of alkyl halides is 6. The van der Waals surface area contributed by atoms with Crippen LogP contribution in [0, 0.1) is 0 Å². The van der Waals surface area contributed by atoms with Gasteiger partial charge in [0.25, 0.3) is 11.8 Å². The van der Waals surface area contributed by atoms with Crippen LogP contribution in [0.25, 0.3) is 6.08 Å². The first-order valence-electron chi connectivity index (χ1n) is 12.8. The average Bonchev–Trinajstić information content (AvgIpc) is 3.00. The van der Waals surface area contributed by atoms with E-state index in [1.54, 1.807) is 0 Å². The first-order valence-corrected chi connectivity index (χ1v) is 13.2. The monoisotopic (exact) mass is 663 g/mol. The largest absolute Gasteiger partial charge is 0.457 e. The van der Waals surface area contributed by atoms with Gasteiger partial charge in [-0.25, -0.2) is 4.79 Å². The molecule has 9 nitrogen and oxygen atoms in total. The van der Waals surface area contributed by atoms with Crippen molar-refractivity contribution in [2.45, 2.75) is 12.4 Å². The first kappa shape index (κ1) is 33.3. The number of ether oxygens (including phenoxy) is 1. The van der Waals surface area contributed by atoms with E-state index in [0.717, 1.165) is 24.3 Å². The minimum absolute atomic E-state index is 0.124. The molecule has 1 aromatic heterocycles. The minimum atomic E-state index is -4.70. The summed E-state index contributed by atoms with van der Waals surface area (Å²) in [6, 6.07) is 14.8. The highest BCUT2D eigenvalue weighted by Crippen LogP contribution is 2.36. The zero-order valence-corrected chi connectivity index (χ0v) is 23.7. The maximum absolute atomic E-state index is 13.1. The Balaban J connectivity index is 1.27. The number of nitrogens with one attached hydrogen (secondary N) is 4. The number of pyridine rings is 1. The Morgan fingerprint density at radius 3 is 2.04 bits per heavy atom. The highest BCUT2D eigenvalue weighted by atomic mass is 35.5. The molecule has 0 aliphatic heterocycles. The summed E-state index contributed by atoms with van der Waals surface area (Å²) < 4.78 is 82.8. The first-order chi connectivity index (χ1) is 21.7. The third kappa shape index (κ3) is 9.46. The van der Waals surface area contributed by atoms with Crippen LogP contribution in [0.4, 0.5) is 42.5 Å².